The maximum absolute atomic E-state index is 5.27. The Bertz CT molecular complexity index is 4710. The second kappa shape index (κ2) is 19.2. The van der Waals surface area contributed by atoms with E-state index in [-0.39, 0.29) is 0 Å². The molecule has 382 valence electrons. The SMILES string of the molecule is c1ccc(-c2nc(-c3ccccc3)nc(-n3c4ccc(-c5ccc6c(c5)c5cc(-c7cccc8ccccc78)ccc5n6-c5cc(-c6ncncn6)cc(-c6ncncn6)c5)cc4c4cc(-c5cccc6ccccc56)ccc43)n2)cc1. The van der Waals surface area contributed by atoms with E-state index in [0.29, 0.717) is 29.2 Å². The molecule has 0 N–H and O–H groups in total. The standard InChI is InChI=1S/C71H43N11/c1-3-15-46(16-4-1)69-78-70(47-17-5-2-6-18-47)80-71(79-69)82-65-30-26-49(37-60(65)62-39-51(28-32-66(62)82)58-24-12-20-45-14-8-10-22-56(45)58)48-25-29-63-59(36-48)61-38-50(57-23-11-19-44-13-7-9-21-55(44)57)27-31-64(61)81(63)54-34-52(67-74-40-72-41-75-67)33-53(35-54)68-76-42-73-43-77-68/h1-43H. The zero-order valence-corrected chi connectivity index (χ0v) is 43.7. The molecule has 11 aromatic carbocycles. The Hall–Kier alpha value is -11.4. The highest BCUT2D eigenvalue weighted by atomic mass is 15.2. The van der Waals surface area contributed by atoms with Crippen LogP contribution in [0.25, 0.3) is 156 Å². The van der Waals surface area contributed by atoms with Crippen molar-refractivity contribution in [1.82, 2.24) is 54.0 Å². The van der Waals surface area contributed by atoms with Gasteiger partial charge in [0.25, 0.3) is 0 Å². The maximum Gasteiger partial charge on any atom is 0.238 e. The van der Waals surface area contributed by atoms with Crippen molar-refractivity contribution in [3.8, 4) is 90.6 Å². The van der Waals surface area contributed by atoms with E-state index in [2.05, 4.69) is 209 Å². The highest BCUT2D eigenvalue weighted by Crippen LogP contribution is 2.43. The molecule has 0 saturated heterocycles. The van der Waals surface area contributed by atoms with Crippen LogP contribution < -0.4 is 0 Å². The van der Waals surface area contributed by atoms with Gasteiger partial charge in [-0.1, -0.05) is 170 Å². The molecule has 0 amide bonds. The van der Waals surface area contributed by atoms with Crippen LogP contribution in [0.5, 0.6) is 0 Å². The number of fused-ring (bicyclic) bond motifs is 8. The third-order valence-corrected chi connectivity index (χ3v) is 15.6. The quantitative estimate of drug-likeness (QED) is 0.139. The molecule has 5 heterocycles. The molecule has 16 rings (SSSR count). The van der Waals surface area contributed by atoms with Gasteiger partial charge in [0.1, 0.15) is 25.3 Å². The number of hydrogen-bond acceptors (Lipinski definition) is 9. The van der Waals surface area contributed by atoms with Gasteiger partial charge in [-0.3, -0.25) is 4.57 Å². The largest absolute Gasteiger partial charge is 0.309 e. The van der Waals surface area contributed by atoms with Gasteiger partial charge in [-0.25, -0.2) is 34.9 Å². The van der Waals surface area contributed by atoms with E-state index in [4.69, 9.17) is 15.0 Å². The molecule has 0 fully saturated rings. The van der Waals surface area contributed by atoms with Crippen LogP contribution in [0.4, 0.5) is 0 Å². The van der Waals surface area contributed by atoms with Crippen LogP contribution >= 0.6 is 0 Å². The summed E-state index contributed by atoms with van der Waals surface area (Å²) in [6, 6.07) is 84.0. The average molecular weight is 1050 g/mol. The Morgan fingerprint density at radius 1 is 0.244 bits per heavy atom. The van der Waals surface area contributed by atoms with E-state index in [0.717, 1.165) is 93.8 Å². The van der Waals surface area contributed by atoms with Crippen LogP contribution in [-0.4, -0.2) is 54.0 Å². The Morgan fingerprint density at radius 3 is 1.10 bits per heavy atom. The molecule has 11 nitrogen and oxygen atoms in total. The van der Waals surface area contributed by atoms with Crippen molar-refractivity contribution in [2.75, 3.05) is 0 Å². The van der Waals surface area contributed by atoms with Gasteiger partial charge in [0.2, 0.25) is 5.95 Å². The lowest BCUT2D eigenvalue weighted by Gasteiger charge is -2.13. The lowest BCUT2D eigenvalue weighted by atomic mass is 9.96. The molecule has 0 aliphatic rings. The minimum absolute atomic E-state index is 0.535. The monoisotopic (exact) mass is 1050 g/mol. The molecule has 0 atom stereocenters. The molecule has 16 aromatic rings. The predicted molar refractivity (Wildman–Crippen MR) is 328 cm³/mol. The fraction of sp³-hybridized carbons (Fsp3) is 0. The molecular weight excluding hydrogens is 1010 g/mol. The fourth-order valence-electron chi connectivity index (χ4n) is 11.9. The van der Waals surface area contributed by atoms with Crippen LogP contribution in [0, 0.1) is 0 Å². The highest BCUT2D eigenvalue weighted by Gasteiger charge is 2.22. The lowest BCUT2D eigenvalue weighted by Crippen LogP contribution is -2.06. The topological polar surface area (TPSA) is 126 Å². The molecule has 5 aromatic heterocycles. The van der Waals surface area contributed by atoms with Gasteiger partial charge in [-0.2, -0.15) is 9.97 Å². The zero-order valence-electron chi connectivity index (χ0n) is 43.7. The van der Waals surface area contributed by atoms with Crippen LogP contribution in [-0.2, 0) is 0 Å². The first kappa shape index (κ1) is 46.6. The normalized spacial score (nSPS) is 11.7. The van der Waals surface area contributed by atoms with Crippen molar-refractivity contribution in [2.24, 2.45) is 0 Å². The summed E-state index contributed by atoms with van der Waals surface area (Å²) in [7, 11) is 0. The molecule has 0 aliphatic carbocycles. The first-order chi connectivity index (χ1) is 40.6. The van der Waals surface area contributed by atoms with Gasteiger partial charge in [0.15, 0.2) is 23.3 Å². The van der Waals surface area contributed by atoms with Crippen LogP contribution in [0.15, 0.2) is 262 Å². The number of rotatable bonds is 9. The van der Waals surface area contributed by atoms with Gasteiger partial charge < -0.3 is 4.57 Å². The summed E-state index contributed by atoms with van der Waals surface area (Å²) in [6.45, 7) is 0. The van der Waals surface area contributed by atoms with Crippen molar-refractivity contribution in [2.45, 2.75) is 0 Å². The number of benzene rings is 11. The summed E-state index contributed by atoms with van der Waals surface area (Å²) in [5.74, 6) is 2.81. The average Bonchev–Trinajstić information content (AvgIpc) is 4.02. The first-order valence-corrected chi connectivity index (χ1v) is 27.0. The summed E-state index contributed by atoms with van der Waals surface area (Å²) in [4.78, 5) is 42.2. The smallest absolute Gasteiger partial charge is 0.238 e. The molecule has 0 radical (unpaired) electrons. The van der Waals surface area contributed by atoms with Crippen molar-refractivity contribution < 1.29 is 0 Å². The Labute approximate surface area is 469 Å². The third-order valence-electron chi connectivity index (χ3n) is 15.6. The van der Waals surface area contributed by atoms with Crippen LogP contribution in [0.3, 0.4) is 0 Å². The molecule has 11 heteroatoms. The van der Waals surface area contributed by atoms with Gasteiger partial charge >= 0.3 is 0 Å². The molecule has 0 spiro atoms. The molecule has 0 bridgehead atoms. The molecule has 82 heavy (non-hydrogen) atoms. The van der Waals surface area contributed by atoms with E-state index in [9.17, 15) is 0 Å². The van der Waals surface area contributed by atoms with E-state index >= 15 is 0 Å². The minimum Gasteiger partial charge on any atom is -0.309 e. The minimum atomic E-state index is 0.535. The molecule has 0 unspecified atom stereocenters. The number of nitrogens with zero attached hydrogens (tertiary/aromatic N) is 11. The van der Waals surface area contributed by atoms with Crippen molar-refractivity contribution in [1.29, 1.82) is 0 Å². The van der Waals surface area contributed by atoms with E-state index < -0.39 is 0 Å². The summed E-state index contributed by atoms with van der Waals surface area (Å²) in [5.41, 5.74) is 15.0. The molecule has 0 aliphatic heterocycles. The van der Waals surface area contributed by atoms with Crippen LogP contribution in [0.2, 0.25) is 0 Å². The zero-order chi connectivity index (χ0) is 54.1. The third kappa shape index (κ3) is 7.94. The molecular formula is C71H43N11. The van der Waals surface area contributed by atoms with Crippen molar-refractivity contribution >= 4 is 65.2 Å². The highest BCUT2D eigenvalue weighted by molar-refractivity contribution is 6.15. The van der Waals surface area contributed by atoms with Crippen molar-refractivity contribution in [3.63, 3.8) is 0 Å². The summed E-state index contributed by atoms with van der Waals surface area (Å²) in [5, 5.41) is 9.12. The maximum atomic E-state index is 5.27. The summed E-state index contributed by atoms with van der Waals surface area (Å²) < 4.78 is 4.52. The Morgan fingerprint density at radius 2 is 0.634 bits per heavy atom. The first-order valence-electron chi connectivity index (χ1n) is 27.0. The fourth-order valence-corrected chi connectivity index (χ4v) is 11.9. The van der Waals surface area contributed by atoms with Crippen molar-refractivity contribution in [3.05, 3.63) is 262 Å². The molecule has 0 saturated carbocycles. The Balaban J connectivity index is 0.933. The Kier molecular flexibility index (Phi) is 10.9. The lowest BCUT2D eigenvalue weighted by molar-refractivity contribution is 0.953. The number of aromatic nitrogens is 11. The predicted octanol–water partition coefficient (Wildman–Crippen LogP) is 16.4. The van der Waals surface area contributed by atoms with Gasteiger partial charge in [-0.05, 0) is 122 Å². The van der Waals surface area contributed by atoms with Gasteiger partial charge in [0, 0.05) is 49.5 Å². The van der Waals surface area contributed by atoms with E-state index in [1.165, 1.54) is 58.0 Å². The summed E-state index contributed by atoms with van der Waals surface area (Å²) >= 11 is 0. The van der Waals surface area contributed by atoms with Gasteiger partial charge in [-0.15, -0.1) is 0 Å². The second-order valence-corrected chi connectivity index (χ2v) is 20.4. The van der Waals surface area contributed by atoms with Crippen LogP contribution in [0.1, 0.15) is 0 Å². The van der Waals surface area contributed by atoms with E-state index in [1.54, 1.807) is 0 Å². The number of hydrogen-bond donors (Lipinski definition) is 0. The summed E-state index contributed by atoms with van der Waals surface area (Å²) in [6.07, 6.45) is 6.07. The van der Waals surface area contributed by atoms with E-state index in [1.807, 2.05) is 66.7 Å². The second-order valence-electron chi connectivity index (χ2n) is 20.4. The van der Waals surface area contributed by atoms with Gasteiger partial charge in [0.05, 0.1) is 22.1 Å².